The summed E-state index contributed by atoms with van der Waals surface area (Å²) in [6.45, 7) is 5.29. The molecule has 18 heavy (non-hydrogen) atoms. The Morgan fingerprint density at radius 2 is 2.06 bits per heavy atom. The van der Waals surface area contributed by atoms with Gasteiger partial charge in [0.25, 0.3) is 5.91 Å². The molecule has 1 unspecified atom stereocenters. The lowest BCUT2D eigenvalue weighted by Gasteiger charge is -2.40. The van der Waals surface area contributed by atoms with Crippen molar-refractivity contribution >= 4 is 11.6 Å². The molecule has 1 aromatic carbocycles. The largest absolute Gasteiger partial charge is 0.364 e. The quantitative estimate of drug-likeness (QED) is 0.881. The van der Waals surface area contributed by atoms with Gasteiger partial charge in [-0.15, -0.1) is 0 Å². The molecule has 1 saturated heterocycles. The van der Waals surface area contributed by atoms with E-state index >= 15 is 0 Å². The minimum atomic E-state index is -0.340. The van der Waals surface area contributed by atoms with Gasteiger partial charge >= 0.3 is 0 Å². The van der Waals surface area contributed by atoms with Gasteiger partial charge in [0.1, 0.15) is 6.61 Å². The Morgan fingerprint density at radius 1 is 1.39 bits per heavy atom. The van der Waals surface area contributed by atoms with Crippen LogP contribution in [0.1, 0.15) is 18.9 Å². The molecule has 1 aliphatic heterocycles. The fraction of sp³-hybridized carbons (Fsp3) is 0.500. The van der Waals surface area contributed by atoms with Crippen LogP contribution in [0.3, 0.4) is 0 Å². The van der Waals surface area contributed by atoms with Crippen LogP contribution in [0.5, 0.6) is 0 Å². The average molecular weight is 248 g/mol. The van der Waals surface area contributed by atoms with E-state index in [4.69, 9.17) is 10.5 Å². The summed E-state index contributed by atoms with van der Waals surface area (Å²) in [6, 6.07) is 7.97. The Balaban J connectivity index is 2.20. The summed E-state index contributed by atoms with van der Waals surface area (Å²) in [5.74, 6) is 0.00773. The summed E-state index contributed by atoms with van der Waals surface area (Å²) in [7, 11) is 0. The Bertz CT molecular complexity index is 430. The van der Waals surface area contributed by atoms with Crippen LogP contribution < -0.4 is 10.6 Å². The lowest BCUT2D eigenvalue weighted by Crippen LogP contribution is -2.54. The zero-order valence-electron chi connectivity index (χ0n) is 11.0. The summed E-state index contributed by atoms with van der Waals surface area (Å²) < 4.78 is 5.62. The summed E-state index contributed by atoms with van der Waals surface area (Å²) in [6.07, 6.45) is 0.753. The fourth-order valence-electron chi connectivity index (χ4n) is 2.20. The monoisotopic (exact) mass is 248 g/mol. The smallest absolute Gasteiger partial charge is 0.253 e. The molecule has 1 aromatic rings. The number of amides is 1. The fourth-order valence-corrected chi connectivity index (χ4v) is 2.20. The van der Waals surface area contributed by atoms with Gasteiger partial charge in [0, 0.05) is 5.69 Å². The van der Waals surface area contributed by atoms with Crippen molar-refractivity contribution < 1.29 is 9.53 Å². The van der Waals surface area contributed by atoms with Gasteiger partial charge in [-0.25, -0.2) is 0 Å². The highest BCUT2D eigenvalue weighted by Crippen LogP contribution is 2.26. The number of rotatable bonds is 3. The molecular formula is C14H20N2O2. The Morgan fingerprint density at radius 3 is 2.67 bits per heavy atom. The van der Waals surface area contributed by atoms with E-state index in [9.17, 15) is 4.79 Å². The van der Waals surface area contributed by atoms with Crippen molar-refractivity contribution in [3.63, 3.8) is 0 Å². The van der Waals surface area contributed by atoms with Crippen LogP contribution >= 0.6 is 0 Å². The number of carbonyl (C=O) groups is 1. The molecule has 0 aliphatic carbocycles. The van der Waals surface area contributed by atoms with E-state index in [1.54, 1.807) is 4.90 Å². The molecule has 2 rings (SSSR count). The number of hydrogen-bond donors (Lipinski definition) is 1. The number of carbonyl (C=O) groups excluding carboxylic acids is 1. The number of morpholine rings is 1. The van der Waals surface area contributed by atoms with Gasteiger partial charge in [0.2, 0.25) is 0 Å². The molecule has 1 heterocycles. The van der Waals surface area contributed by atoms with Crippen molar-refractivity contribution in [3.8, 4) is 0 Å². The predicted molar refractivity (Wildman–Crippen MR) is 71.6 cm³/mol. The van der Waals surface area contributed by atoms with Crippen molar-refractivity contribution in [2.75, 3.05) is 24.6 Å². The average Bonchev–Trinajstić information content (AvgIpc) is 2.34. The highest BCUT2D eigenvalue weighted by atomic mass is 16.5. The van der Waals surface area contributed by atoms with Crippen molar-refractivity contribution in [3.05, 3.63) is 29.8 Å². The summed E-state index contributed by atoms with van der Waals surface area (Å²) in [5, 5.41) is 0. The van der Waals surface area contributed by atoms with Crippen LogP contribution in [0.25, 0.3) is 0 Å². The topological polar surface area (TPSA) is 55.6 Å². The van der Waals surface area contributed by atoms with Crippen LogP contribution in [0.15, 0.2) is 24.3 Å². The number of aryl methyl sites for hydroxylation is 1. The van der Waals surface area contributed by atoms with Gasteiger partial charge in [0.05, 0.1) is 12.1 Å². The van der Waals surface area contributed by atoms with E-state index in [1.807, 2.05) is 38.1 Å². The van der Waals surface area contributed by atoms with Crippen molar-refractivity contribution in [1.82, 2.24) is 0 Å². The minimum Gasteiger partial charge on any atom is -0.364 e. The molecule has 2 N–H and O–H groups in total. The number of nitrogens with zero attached hydrogens (tertiary/aromatic N) is 1. The molecule has 1 fully saturated rings. The Hall–Kier alpha value is -1.39. The van der Waals surface area contributed by atoms with E-state index in [0.717, 1.165) is 12.1 Å². The van der Waals surface area contributed by atoms with Crippen molar-refractivity contribution in [1.29, 1.82) is 0 Å². The number of anilines is 1. The zero-order chi connectivity index (χ0) is 13.2. The second-order valence-corrected chi connectivity index (χ2v) is 5.09. The van der Waals surface area contributed by atoms with Gasteiger partial charge in [-0.1, -0.05) is 17.7 Å². The van der Waals surface area contributed by atoms with Gasteiger partial charge < -0.3 is 15.4 Å². The van der Waals surface area contributed by atoms with Crippen molar-refractivity contribution in [2.45, 2.75) is 25.9 Å². The van der Waals surface area contributed by atoms with Crippen LogP contribution in [0.4, 0.5) is 5.69 Å². The van der Waals surface area contributed by atoms with Crippen LogP contribution in [-0.2, 0) is 9.53 Å². The number of benzene rings is 1. The predicted octanol–water partition coefficient (Wildman–Crippen LogP) is 1.47. The number of hydrogen-bond acceptors (Lipinski definition) is 3. The third-order valence-corrected chi connectivity index (χ3v) is 3.36. The lowest BCUT2D eigenvalue weighted by atomic mass is 9.99. The van der Waals surface area contributed by atoms with Crippen molar-refractivity contribution in [2.24, 2.45) is 5.73 Å². The molecule has 1 atom stereocenters. The highest BCUT2D eigenvalue weighted by Gasteiger charge is 2.35. The van der Waals surface area contributed by atoms with Gasteiger partial charge in [-0.05, 0) is 38.9 Å². The Kier molecular flexibility index (Phi) is 3.68. The first kappa shape index (κ1) is 13.1. The van der Waals surface area contributed by atoms with E-state index in [1.165, 1.54) is 5.56 Å². The molecule has 4 heteroatoms. The van der Waals surface area contributed by atoms with E-state index in [-0.39, 0.29) is 18.1 Å². The van der Waals surface area contributed by atoms with Crippen LogP contribution in [0, 0.1) is 6.92 Å². The minimum absolute atomic E-state index is 0.00773. The summed E-state index contributed by atoms with van der Waals surface area (Å²) in [4.78, 5) is 13.7. The second kappa shape index (κ2) is 5.08. The van der Waals surface area contributed by atoms with E-state index in [2.05, 4.69) is 0 Å². The first-order chi connectivity index (χ1) is 8.54. The molecule has 0 spiro atoms. The van der Waals surface area contributed by atoms with Gasteiger partial charge in [-0.3, -0.25) is 4.79 Å². The lowest BCUT2D eigenvalue weighted by molar-refractivity contribution is -0.137. The zero-order valence-corrected chi connectivity index (χ0v) is 11.0. The number of nitrogens with two attached hydrogens (primary N) is 1. The third kappa shape index (κ3) is 2.71. The second-order valence-electron chi connectivity index (χ2n) is 5.09. The summed E-state index contributed by atoms with van der Waals surface area (Å²) in [5.41, 5.74) is 7.37. The standard InChI is InChI=1S/C14H20N2O2/c1-11-3-5-12(6-4-11)16-10-14(2,7-8-15)18-9-13(16)17/h3-6H,7-10,15H2,1-2H3. The summed E-state index contributed by atoms with van der Waals surface area (Å²) >= 11 is 0. The maximum absolute atomic E-state index is 11.9. The molecule has 0 bridgehead atoms. The molecule has 0 saturated carbocycles. The molecule has 1 aliphatic rings. The highest BCUT2D eigenvalue weighted by molar-refractivity contribution is 5.95. The van der Waals surface area contributed by atoms with Crippen LogP contribution in [0.2, 0.25) is 0 Å². The molecule has 4 nitrogen and oxygen atoms in total. The maximum atomic E-state index is 11.9. The van der Waals surface area contributed by atoms with Crippen LogP contribution in [-0.4, -0.2) is 31.2 Å². The number of ether oxygens (including phenoxy) is 1. The maximum Gasteiger partial charge on any atom is 0.253 e. The molecular weight excluding hydrogens is 228 g/mol. The van der Waals surface area contributed by atoms with E-state index < -0.39 is 0 Å². The molecule has 98 valence electrons. The van der Waals surface area contributed by atoms with Gasteiger partial charge in [0.15, 0.2) is 0 Å². The normalized spacial score (nSPS) is 24.4. The SMILES string of the molecule is Cc1ccc(N2CC(C)(CCN)OCC2=O)cc1. The van der Waals surface area contributed by atoms with E-state index in [0.29, 0.717) is 13.1 Å². The molecule has 0 aromatic heterocycles. The third-order valence-electron chi connectivity index (χ3n) is 3.36. The molecule has 1 amide bonds. The molecule has 0 radical (unpaired) electrons. The Labute approximate surface area is 108 Å². The first-order valence-corrected chi connectivity index (χ1v) is 6.25. The van der Waals surface area contributed by atoms with Gasteiger partial charge in [-0.2, -0.15) is 0 Å². The first-order valence-electron chi connectivity index (χ1n) is 6.25.